The molecule has 3 nitrogen and oxygen atoms in total. The zero-order valence-corrected chi connectivity index (χ0v) is 10.9. The molecule has 0 radical (unpaired) electrons. The fourth-order valence-corrected chi connectivity index (χ4v) is 2.30. The van der Waals surface area contributed by atoms with Crippen LogP contribution in [0.3, 0.4) is 0 Å². The largest absolute Gasteiger partial charge is 0.496 e. The number of hydrogen-bond acceptors (Lipinski definition) is 3. The highest BCUT2D eigenvalue weighted by molar-refractivity contribution is 5.48. The van der Waals surface area contributed by atoms with Crippen LogP contribution in [0.15, 0.2) is 18.2 Å². The summed E-state index contributed by atoms with van der Waals surface area (Å²) in [4.78, 5) is 2.36. The summed E-state index contributed by atoms with van der Waals surface area (Å²) in [6, 6.07) is 5.88. The first-order valence-electron chi connectivity index (χ1n) is 6.21. The zero-order chi connectivity index (χ0) is 12.4. The Bertz CT molecular complexity index is 392. The van der Waals surface area contributed by atoms with Gasteiger partial charge in [0.25, 0.3) is 0 Å². The van der Waals surface area contributed by atoms with Crippen molar-refractivity contribution in [1.82, 2.24) is 4.90 Å². The average molecular weight is 234 g/mol. The van der Waals surface area contributed by atoms with E-state index in [4.69, 9.17) is 10.5 Å². The minimum absolute atomic E-state index is 0.754. The number of nitrogens with two attached hydrogens (primary N) is 1. The van der Waals surface area contributed by atoms with Gasteiger partial charge in [-0.2, -0.15) is 0 Å². The highest BCUT2D eigenvalue weighted by Gasteiger charge is 2.33. The number of nitrogen functional groups attached to an aromatic ring is 1. The minimum Gasteiger partial charge on any atom is -0.496 e. The van der Waals surface area contributed by atoms with Crippen LogP contribution >= 0.6 is 0 Å². The molecule has 1 aliphatic carbocycles. The van der Waals surface area contributed by atoms with E-state index in [9.17, 15) is 0 Å². The SMILES string of the molecule is COc1cc(N)ccc1CN(C)CC1CC1C. The smallest absolute Gasteiger partial charge is 0.125 e. The lowest BCUT2D eigenvalue weighted by Gasteiger charge is -2.18. The molecule has 2 atom stereocenters. The Balaban J connectivity index is 1.97. The molecule has 0 aromatic heterocycles. The van der Waals surface area contributed by atoms with E-state index in [1.807, 2.05) is 12.1 Å². The molecule has 1 aromatic carbocycles. The molecule has 3 heteroatoms. The molecule has 17 heavy (non-hydrogen) atoms. The molecule has 0 saturated heterocycles. The van der Waals surface area contributed by atoms with E-state index >= 15 is 0 Å². The second-order valence-electron chi connectivity index (χ2n) is 5.24. The fraction of sp³-hybridized carbons (Fsp3) is 0.571. The number of rotatable bonds is 5. The van der Waals surface area contributed by atoms with Gasteiger partial charge in [0.1, 0.15) is 5.75 Å². The number of benzene rings is 1. The maximum absolute atomic E-state index is 5.75. The average Bonchev–Trinajstić information content (AvgIpc) is 2.96. The van der Waals surface area contributed by atoms with Crippen molar-refractivity contribution in [2.24, 2.45) is 11.8 Å². The van der Waals surface area contributed by atoms with Gasteiger partial charge < -0.3 is 15.4 Å². The van der Waals surface area contributed by atoms with Crippen LogP contribution in [0.4, 0.5) is 5.69 Å². The summed E-state index contributed by atoms with van der Waals surface area (Å²) in [7, 11) is 3.86. The first kappa shape index (κ1) is 12.2. The van der Waals surface area contributed by atoms with Gasteiger partial charge in [0, 0.05) is 30.4 Å². The van der Waals surface area contributed by atoms with E-state index in [0.29, 0.717) is 0 Å². The number of ether oxygens (including phenoxy) is 1. The van der Waals surface area contributed by atoms with E-state index in [-0.39, 0.29) is 0 Å². The number of nitrogens with zero attached hydrogens (tertiary/aromatic N) is 1. The summed E-state index contributed by atoms with van der Waals surface area (Å²) in [5.74, 6) is 2.69. The molecule has 1 saturated carbocycles. The molecule has 2 unspecified atom stereocenters. The van der Waals surface area contributed by atoms with Gasteiger partial charge in [0.05, 0.1) is 7.11 Å². The Morgan fingerprint density at radius 3 is 2.76 bits per heavy atom. The van der Waals surface area contributed by atoms with E-state index in [1.54, 1.807) is 7.11 Å². The lowest BCUT2D eigenvalue weighted by Crippen LogP contribution is -2.21. The molecule has 0 spiro atoms. The Morgan fingerprint density at radius 2 is 2.18 bits per heavy atom. The van der Waals surface area contributed by atoms with Crippen LogP contribution in [0.5, 0.6) is 5.75 Å². The van der Waals surface area contributed by atoms with Crippen LogP contribution in [0.25, 0.3) is 0 Å². The van der Waals surface area contributed by atoms with E-state index in [2.05, 4.69) is 24.9 Å². The van der Waals surface area contributed by atoms with Crippen molar-refractivity contribution in [3.05, 3.63) is 23.8 Å². The summed E-state index contributed by atoms with van der Waals surface area (Å²) in [6.07, 6.45) is 1.38. The van der Waals surface area contributed by atoms with Crippen molar-refractivity contribution >= 4 is 5.69 Å². The van der Waals surface area contributed by atoms with Crippen LogP contribution in [0, 0.1) is 11.8 Å². The first-order chi connectivity index (χ1) is 8.10. The number of methoxy groups -OCH3 is 1. The van der Waals surface area contributed by atoms with Gasteiger partial charge in [-0.25, -0.2) is 0 Å². The van der Waals surface area contributed by atoms with Gasteiger partial charge in [-0.05, 0) is 31.4 Å². The molecule has 0 amide bonds. The lowest BCUT2D eigenvalue weighted by molar-refractivity contribution is 0.300. The van der Waals surface area contributed by atoms with Crippen LogP contribution in [-0.4, -0.2) is 25.6 Å². The monoisotopic (exact) mass is 234 g/mol. The van der Waals surface area contributed by atoms with Crippen molar-refractivity contribution in [3.63, 3.8) is 0 Å². The molecule has 2 N–H and O–H groups in total. The van der Waals surface area contributed by atoms with Gasteiger partial charge in [-0.1, -0.05) is 13.0 Å². The zero-order valence-electron chi connectivity index (χ0n) is 10.9. The molecule has 1 aromatic rings. The number of anilines is 1. The van der Waals surface area contributed by atoms with E-state index in [1.165, 1.54) is 18.5 Å². The normalized spacial score (nSPS) is 22.8. The molecule has 0 aliphatic heterocycles. The van der Waals surface area contributed by atoms with Crippen LogP contribution < -0.4 is 10.5 Å². The third-order valence-electron chi connectivity index (χ3n) is 3.57. The van der Waals surface area contributed by atoms with Crippen LogP contribution in [0.1, 0.15) is 18.9 Å². The van der Waals surface area contributed by atoms with Gasteiger partial charge in [0.2, 0.25) is 0 Å². The molecular formula is C14H22N2O. The Labute approximate surface area is 104 Å². The van der Waals surface area contributed by atoms with Crippen molar-refractivity contribution in [2.75, 3.05) is 26.4 Å². The summed E-state index contributed by atoms with van der Waals surface area (Å²) in [6.45, 7) is 4.42. The molecule has 1 aliphatic rings. The molecule has 1 fully saturated rings. The Kier molecular flexibility index (Phi) is 3.57. The highest BCUT2D eigenvalue weighted by Crippen LogP contribution is 2.38. The third-order valence-corrected chi connectivity index (χ3v) is 3.57. The predicted molar refractivity (Wildman–Crippen MR) is 71.0 cm³/mol. The van der Waals surface area contributed by atoms with Gasteiger partial charge in [-0.15, -0.1) is 0 Å². The van der Waals surface area contributed by atoms with Gasteiger partial charge in [-0.3, -0.25) is 0 Å². The standard InChI is InChI=1S/C14H22N2O/c1-10-6-12(10)9-16(2)8-11-4-5-13(15)7-14(11)17-3/h4-5,7,10,12H,6,8-9,15H2,1-3H3. The lowest BCUT2D eigenvalue weighted by atomic mass is 10.1. The Morgan fingerprint density at radius 1 is 1.47 bits per heavy atom. The second kappa shape index (κ2) is 4.96. The predicted octanol–water partition coefficient (Wildman–Crippen LogP) is 2.37. The summed E-state index contributed by atoms with van der Waals surface area (Å²) < 4.78 is 5.36. The van der Waals surface area contributed by atoms with Gasteiger partial charge >= 0.3 is 0 Å². The van der Waals surface area contributed by atoms with E-state index < -0.39 is 0 Å². The third kappa shape index (κ3) is 3.13. The maximum atomic E-state index is 5.75. The summed E-state index contributed by atoms with van der Waals surface area (Å²) in [5.41, 5.74) is 7.71. The van der Waals surface area contributed by atoms with Crippen molar-refractivity contribution < 1.29 is 4.74 Å². The molecule has 0 bridgehead atoms. The summed E-state index contributed by atoms with van der Waals surface area (Å²) >= 11 is 0. The second-order valence-corrected chi connectivity index (χ2v) is 5.24. The highest BCUT2D eigenvalue weighted by atomic mass is 16.5. The molecule has 2 rings (SSSR count). The summed E-state index contributed by atoms with van der Waals surface area (Å²) in [5, 5.41) is 0. The topological polar surface area (TPSA) is 38.5 Å². The minimum atomic E-state index is 0.754. The van der Waals surface area contributed by atoms with Crippen molar-refractivity contribution in [2.45, 2.75) is 19.9 Å². The van der Waals surface area contributed by atoms with Gasteiger partial charge in [0.15, 0.2) is 0 Å². The van der Waals surface area contributed by atoms with Crippen LogP contribution in [0.2, 0.25) is 0 Å². The van der Waals surface area contributed by atoms with Crippen molar-refractivity contribution in [1.29, 1.82) is 0 Å². The molecule has 0 heterocycles. The van der Waals surface area contributed by atoms with Crippen molar-refractivity contribution in [3.8, 4) is 5.75 Å². The van der Waals surface area contributed by atoms with Crippen LogP contribution in [-0.2, 0) is 6.54 Å². The molecular weight excluding hydrogens is 212 g/mol. The first-order valence-corrected chi connectivity index (χ1v) is 6.21. The Hall–Kier alpha value is -1.22. The quantitative estimate of drug-likeness (QED) is 0.795. The number of hydrogen-bond donors (Lipinski definition) is 1. The maximum Gasteiger partial charge on any atom is 0.125 e. The molecule has 94 valence electrons. The fourth-order valence-electron chi connectivity index (χ4n) is 2.30. The van der Waals surface area contributed by atoms with E-state index in [0.717, 1.165) is 29.8 Å².